The van der Waals surface area contributed by atoms with Crippen LogP contribution >= 0.6 is 0 Å². The molecule has 0 amide bonds. The highest BCUT2D eigenvalue weighted by Gasteiger charge is 2.19. The van der Waals surface area contributed by atoms with Gasteiger partial charge in [0.15, 0.2) is 6.10 Å². The van der Waals surface area contributed by atoms with Crippen molar-refractivity contribution in [2.75, 3.05) is 13.2 Å². The summed E-state index contributed by atoms with van der Waals surface area (Å²) < 4.78 is 16.9. The Balaban J connectivity index is 4.21. The zero-order chi connectivity index (χ0) is 47.4. The molecule has 0 heterocycles. The minimum atomic E-state index is -0.761. The van der Waals surface area contributed by atoms with E-state index in [2.05, 4.69) is 27.7 Å². The molecule has 0 saturated heterocycles. The third-order valence-electron chi connectivity index (χ3n) is 13.5. The number of unbranched alkanes of at least 4 members (excludes halogenated alkanes) is 41. The maximum Gasteiger partial charge on any atom is 0.306 e. The summed E-state index contributed by atoms with van der Waals surface area (Å²) in [6, 6.07) is 0. The third kappa shape index (κ3) is 53.2. The van der Waals surface area contributed by atoms with Crippen LogP contribution in [0.2, 0.25) is 0 Å². The van der Waals surface area contributed by atoms with E-state index in [-0.39, 0.29) is 31.1 Å². The van der Waals surface area contributed by atoms with E-state index in [0.29, 0.717) is 19.3 Å². The van der Waals surface area contributed by atoms with Gasteiger partial charge in [0.05, 0.1) is 0 Å². The highest BCUT2D eigenvalue weighted by Crippen LogP contribution is 2.18. The zero-order valence-electron chi connectivity index (χ0n) is 44.5. The molecule has 0 unspecified atom stereocenters. The monoisotopic (exact) mass is 919 g/mol. The van der Waals surface area contributed by atoms with E-state index < -0.39 is 6.10 Å². The number of esters is 3. The summed E-state index contributed by atoms with van der Waals surface area (Å²) in [6.07, 6.45) is 58.1. The van der Waals surface area contributed by atoms with Gasteiger partial charge >= 0.3 is 17.9 Å². The third-order valence-corrected chi connectivity index (χ3v) is 13.5. The van der Waals surface area contributed by atoms with E-state index in [9.17, 15) is 14.4 Å². The van der Waals surface area contributed by atoms with Gasteiger partial charge in [0.25, 0.3) is 0 Å². The second-order valence-electron chi connectivity index (χ2n) is 20.8. The van der Waals surface area contributed by atoms with Gasteiger partial charge in [-0.25, -0.2) is 0 Å². The highest BCUT2D eigenvalue weighted by atomic mass is 16.6. The lowest BCUT2D eigenvalue weighted by molar-refractivity contribution is -0.167. The van der Waals surface area contributed by atoms with Gasteiger partial charge in [-0.05, 0) is 25.2 Å². The molecule has 1 atom stereocenters. The maximum absolute atomic E-state index is 12.8. The number of hydrogen-bond donors (Lipinski definition) is 0. The molecule has 0 aromatic heterocycles. The van der Waals surface area contributed by atoms with Crippen molar-refractivity contribution in [3.05, 3.63) is 0 Å². The Labute approximate surface area is 406 Å². The first-order valence-electron chi connectivity index (χ1n) is 29.4. The number of carbonyl (C=O) groups excluding carboxylic acids is 3. The Bertz CT molecular complexity index is 980. The summed E-state index contributed by atoms with van der Waals surface area (Å²) in [4.78, 5) is 38.1. The van der Waals surface area contributed by atoms with Crippen molar-refractivity contribution in [1.82, 2.24) is 0 Å². The predicted molar refractivity (Wildman–Crippen MR) is 280 cm³/mol. The van der Waals surface area contributed by atoms with Crippen LogP contribution in [0.3, 0.4) is 0 Å². The van der Waals surface area contributed by atoms with E-state index in [1.54, 1.807) is 0 Å². The normalized spacial score (nSPS) is 12.0. The van der Waals surface area contributed by atoms with Crippen molar-refractivity contribution in [1.29, 1.82) is 0 Å². The lowest BCUT2D eigenvalue weighted by Gasteiger charge is -2.18. The smallest absolute Gasteiger partial charge is 0.306 e. The van der Waals surface area contributed by atoms with Crippen LogP contribution in [0.1, 0.15) is 336 Å². The van der Waals surface area contributed by atoms with Gasteiger partial charge in [-0.15, -0.1) is 0 Å². The molecule has 0 aliphatic heterocycles. The van der Waals surface area contributed by atoms with E-state index in [1.165, 1.54) is 231 Å². The molecule has 0 aromatic carbocycles. The highest BCUT2D eigenvalue weighted by molar-refractivity contribution is 5.71. The zero-order valence-corrected chi connectivity index (χ0v) is 44.5. The topological polar surface area (TPSA) is 78.9 Å². The van der Waals surface area contributed by atoms with E-state index in [4.69, 9.17) is 14.2 Å². The molecule has 0 aromatic rings. The van der Waals surface area contributed by atoms with Gasteiger partial charge in [-0.2, -0.15) is 0 Å². The van der Waals surface area contributed by atoms with Crippen molar-refractivity contribution in [3.8, 4) is 0 Å². The Kier molecular flexibility index (Phi) is 52.1. The SMILES string of the molecule is CCCCCCCCCCCCCCCCCCC(=O)OC[C@@H](COC(=O)CCCCCCCCCCCC)OC(=O)CCCCCCCCCCCCCCCCCCCCC(C)C. The van der Waals surface area contributed by atoms with Gasteiger partial charge in [-0.1, -0.05) is 297 Å². The number of rotatable bonds is 54. The quantitative estimate of drug-likeness (QED) is 0.0344. The van der Waals surface area contributed by atoms with Crippen LogP contribution < -0.4 is 0 Å². The van der Waals surface area contributed by atoms with Gasteiger partial charge < -0.3 is 14.2 Å². The van der Waals surface area contributed by atoms with Gasteiger partial charge in [-0.3, -0.25) is 14.4 Å². The van der Waals surface area contributed by atoms with Gasteiger partial charge in [0.2, 0.25) is 0 Å². The summed E-state index contributed by atoms with van der Waals surface area (Å²) in [5.41, 5.74) is 0. The molecule has 386 valence electrons. The van der Waals surface area contributed by atoms with Crippen molar-refractivity contribution in [2.24, 2.45) is 5.92 Å². The van der Waals surface area contributed by atoms with E-state index >= 15 is 0 Å². The van der Waals surface area contributed by atoms with Crippen LogP contribution in [-0.4, -0.2) is 37.2 Å². The number of carbonyl (C=O) groups is 3. The van der Waals surface area contributed by atoms with Crippen LogP contribution in [0, 0.1) is 5.92 Å². The van der Waals surface area contributed by atoms with Gasteiger partial charge in [0.1, 0.15) is 13.2 Å². The summed E-state index contributed by atoms with van der Waals surface area (Å²) in [5, 5.41) is 0. The van der Waals surface area contributed by atoms with Crippen molar-refractivity contribution in [2.45, 2.75) is 342 Å². The number of hydrogen-bond acceptors (Lipinski definition) is 6. The molecular weight excluding hydrogens is 805 g/mol. The van der Waals surface area contributed by atoms with Crippen molar-refractivity contribution in [3.63, 3.8) is 0 Å². The first-order chi connectivity index (χ1) is 31.9. The van der Waals surface area contributed by atoms with E-state index in [1.807, 2.05) is 0 Å². The molecule has 0 spiro atoms. The van der Waals surface area contributed by atoms with E-state index in [0.717, 1.165) is 63.7 Å². The molecule has 0 rings (SSSR count). The number of ether oxygens (including phenoxy) is 3. The predicted octanol–water partition coefficient (Wildman–Crippen LogP) is 19.4. The average molecular weight is 920 g/mol. The fourth-order valence-electron chi connectivity index (χ4n) is 9.10. The standard InChI is InChI=1S/C59H114O6/c1-5-7-9-11-13-15-17-18-19-25-28-31-35-39-43-47-51-58(61)64-54-56(53-63-57(60)50-46-42-38-34-16-14-12-10-8-6-2)65-59(62)52-48-44-40-36-32-29-26-23-21-20-22-24-27-30-33-37-41-45-49-55(3)4/h55-56H,5-54H2,1-4H3/t56-/m1/s1. The summed E-state index contributed by atoms with van der Waals surface area (Å²) in [6.45, 7) is 9.07. The van der Waals surface area contributed by atoms with Crippen LogP contribution in [0.5, 0.6) is 0 Å². The molecule has 6 nitrogen and oxygen atoms in total. The first kappa shape index (κ1) is 63.4. The molecule has 0 radical (unpaired) electrons. The Morgan fingerprint density at radius 3 is 0.754 bits per heavy atom. The fraction of sp³-hybridized carbons (Fsp3) is 0.949. The van der Waals surface area contributed by atoms with Crippen molar-refractivity contribution < 1.29 is 28.6 Å². The lowest BCUT2D eigenvalue weighted by Crippen LogP contribution is -2.30. The summed E-state index contributed by atoms with van der Waals surface area (Å²) in [7, 11) is 0. The fourth-order valence-corrected chi connectivity index (χ4v) is 9.10. The second kappa shape index (κ2) is 53.4. The Hall–Kier alpha value is -1.59. The first-order valence-corrected chi connectivity index (χ1v) is 29.4. The minimum absolute atomic E-state index is 0.0618. The van der Waals surface area contributed by atoms with Crippen LogP contribution in [0.15, 0.2) is 0 Å². The van der Waals surface area contributed by atoms with Crippen molar-refractivity contribution >= 4 is 17.9 Å². The molecule has 0 bridgehead atoms. The van der Waals surface area contributed by atoms with Crippen LogP contribution in [0.4, 0.5) is 0 Å². The largest absolute Gasteiger partial charge is 0.462 e. The lowest BCUT2D eigenvalue weighted by atomic mass is 10.0. The molecule has 0 aliphatic carbocycles. The Morgan fingerprint density at radius 1 is 0.292 bits per heavy atom. The Morgan fingerprint density at radius 2 is 0.508 bits per heavy atom. The molecule has 0 saturated carbocycles. The molecule has 6 heteroatoms. The molecule has 0 aliphatic rings. The second-order valence-corrected chi connectivity index (χ2v) is 20.8. The molecule has 65 heavy (non-hydrogen) atoms. The summed E-state index contributed by atoms with van der Waals surface area (Å²) in [5.74, 6) is 0.0221. The summed E-state index contributed by atoms with van der Waals surface area (Å²) >= 11 is 0. The maximum atomic E-state index is 12.8. The molecule has 0 fully saturated rings. The molecule has 0 N–H and O–H groups in total. The van der Waals surface area contributed by atoms with Crippen LogP contribution in [-0.2, 0) is 28.6 Å². The van der Waals surface area contributed by atoms with Gasteiger partial charge in [0, 0.05) is 19.3 Å². The molecular formula is C59H114O6. The minimum Gasteiger partial charge on any atom is -0.462 e. The van der Waals surface area contributed by atoms with Crippen LogP contribution in [0.25, 0.3) is 0 Å². The average Bonchev–Trinajstić information content (AvgIpc) is 3.29.